The molecule has 0 bridgehead atoms. The Hall–Kier alpha value is -4.68. The van der Waals surface area contributed by atoms with Crippen molar-refractivity contribution in [3.05, 3.63) is 59.6 Å². The Bertz CT molecular complexity index is 1200. The molecule has 0 unspecified atom stereocenters. The first kappa shape index (κ1) is 17.2. The molecule has 0 fully saturated rings. The molecule has 0 atom stereocenters. The number of benzene rings is 1. The van der Waals surface area contributed by atoms with Crippen molar-refractivity contribution < 1.29 is 9.90 Å². The molecule has 2 N–H and O–H groups in total. The molecule has 0 radical (unpaired) electrons. The molecule has 128 valence electrons. The zero-order valence-corrected chi connectivity index (χ0v) is 13.6. The highest BCUT2D eigenvalue weighted by atomic mass is 16.4. The molecule has 2 heterocycles. The van der Waals surface area contributed by atoms with Crippen LogP contribution in [0.25, 0.3) is 16.9 Å². The Kier molecular flexibility index (Phi) is 4.48. The Morgan fingerprint density at radius 1 is 1.11 bits per heavy atom. The number of carboxylic acid groups (broad SMARTS) is 1. The fourth-order valence-electron chi connectivity index (χ4n) is 2.40. The van der Waals surface area contributed by atoms with Gasteiger partial charge in [-0.2, -0.15) is 20.9 Å². The van der Waals surface area contributed by atoms with Crippen LogP contribution in [0.5, 0.6) is 0 Å². The van der Waals surface area contributed by atoms with Crippen LogP contribution in [0.3, 0.4) is 0 Å². The summed E-state index contributed by atoms with van der Waals surface area (Å²) in [7, 11) is 0. The van der Waals surface area contributed by atoms with Gasteiger partial charge in [0.2, 0.25) is 0 Å². The Labute approximate surface area is 152 Å². The standard InChI is InChI=1S/C18H9N7O2/c19-8-12(9-20)15(10-21)23-13-3-1-2-11(6-13)16-4-5-22-17-7-14(18(26)27)24-25(16)17/h1-7,23H,(H,26,27). The van der Waals surface area contributed by atoms with Gasteiger partial charge in [0.1, 0.15) is 23.9 Å². The predicted octanol–water partition coefficient (Wildman–Crippen LogP) is 2.33. The number of allylic oxidation sites excluding steroid dienone is 2. The molecule has 27 heavy (non-hydrogen) atoms. The maximum atomic E-state index is 11.1. The number of carbonyl (C=O) groups is 1. The highest BCUT2D eigenvalue weighted by Gasteiger charge is 2.13. The van der Waals surface area contributed by atoms with Crippen LogP contribution in [0.2, 0.25) is 0 Å². The highest BCUT2D eigenvalue weighted by molar-refractivity contribution is 5.87. The monoisotopic (exact) mass is 355 g/mol. The number of rotatable bonds is 4. The summed E-state index contributed by atoms with van der Waals surface area (Å²) >= 11 is 0. The minimum absolute atomic E-state index is 0.133. The minimum Gasteiger partial charge on any atom is -0.476 e. The van der Waals surface area contributed by atoms with Crippen molar-refractivity contribution >= 4 is 17.3 Å². The minimum atomic E-state index is -1.16. The van der Waals surface area contributed by atoms with Crippen molar-refractivity contribution in [1.29, 1.82) is 15.8 Å². The van der Waals surface area contributed by atoms with Crippen LogP contribution in [-0.4, -0.2) is 25.7 Å². The third-order valence-electron chi connectivity index (χ3n) is 3.59. The molecule has 0 aliphatic heterocycles. The molecule has 3 aromatic rings. The highest BCUT2D eigenvalue weighted by Crippen LogP contribution is 2.24. The molecule has 0 saturated heterocycles. The largest absolute Gasteiger partial charge is 0.476 e. The molecule has 0 aliphatic carbocycles. The molecule has 0 aliphatic rings. The Morgan fingerprint density at radius 3 is 2.56 bits per heavy atom. The molecule has 0 spiro atoms. The molecule has 2 aromatic heterocycles. The van der Waals surface area contributed by atoms with Gasteiger partial charge in [-0.15, -0.1) is 0 Å². The number of aromatic nitrogens is 3. The molecule has 3 rings (SSSR count). The van der Waals surface area contributed by atoms with E-state index in [2.05, 4.69) is 15.4 Å². The maximum absolute atomic E-state index is 11.1. The van der Waals surface area contributed by atoms with Gasteiger partial charge in [0, 0.05) is 23.5 Å². The van der Waals surface area contributed by atoms with E-state index in [0.717, 1.165) is 0 Å². The normalized spacial score (nSPS) is 9.67. The summed E-state index contributed by atoms with van der Waals surface area (Å²) in [5.41, 5.74) is 1.47. The summed E-state index contributed by atoms with van der Waals surface area (Å²) in [6, 6.07) is 15.0. The number of hydrogen-bond donors (Lipinski definition) is 2. The number of carboxylic acids is 1. The predicted molar refractivity (Wildman–Crippen MR) is 92.9 cm³/mol. The van der Waals surface area contributed by atoms with Crippen molar-refractivity contribution in [2.24, 2.45) is 0 Å². The SMILES string of the molecule is N#CC(C#N)=C(C#N)Nc1cccc(-c2ccnc3cc(C(=O)O)nn23)c1. The van der Waals surface area contributed by atoms with Crippen molar-refractivity contribution in [3.8, 4) is 29.5 Å². The first-order chi connectivity index (χ1) is 13.1. The molecular formula is C18H9N7O2. The van der Waals surface area contributed by atoms with E-state index in [1.54, 1.807) is 48.5 Å². The van der Waals surface area contributed by atoms with Crippen LogP contribution in [0.1, 0.15) is 10.5 Å². The lowest BCUT2D eigenvalue weighted by molar-refractivity contribution is 0.0690. The molecule has 9 heteroatoms. The summed E-state index contributed by atoms with van der Waals surface area (Å²) in [5.74, 6) is -1.16. The number of aromatic carboxylic acids is 1. The van der Waals surface area contributed by atoms with Gasteiger partial charge in [0.25, 0.3) is 0 Å². The Balaban J connectivity index is 2.07. The average Bonchev–Trinajstić information content (AvgIpc) is 3.13. The first-order valence-electron chi connectivity index (χ1n) is 7.47. The van der Waals surface area contributed by atoms with Gasteiger partial charge in [-0.25, -0.2) is 14.3 Å². The lowest BCUT2D eigenvalue weighted by atomic mass is 10.1. The lowest BCUT2D eigenvalue weighted by Crippen LogP contribution is -2.02. The topological polar surface area (TPSA) is 151 Å². The van der Waals surface area contributed by atoms with E-state index in [-0.39, 0.29) is 17.0 Å². The number of nitrogens with one attached hydrogen (secondary N) is 1. The van der Waals surface area contributed by atoms with E-state index in [1.807, 2.05) is 0 Å². The van der Waals surface area contributed by atoms with Gasteiger partial charge in [-0.05, 0) is 18.2 Å². The van der Waals surface area contributed by atoms with Gasteiger partial charge in [0.15, 0.2) is 16.9 Å². The summed E-state index contributed by atoms with van der Waals surface area (Å²) in [6.45, 7) is 0. The van der Waals surface area contributed by atoms with E-state index in [9.17, 15) is 4.79 Å². The molecule has 0 saturated carbocycles. The van der Waals surface area contributed by atoms with Crippen molar-refractivity contribution in [2.75, 3.05) is 5.32 Å². The van der Waals surface area contributed by atoms with Crippen molar-refractivity contribution in [1.82, 2.24) is 14.6 Å². The van der Waals surface area contributed by atoms with Gasteiger partial charge in [-0.3, -0.25) is 0 Å². The summed E-state index contributed by atoms with van der Waals surface area (Å²) < 4.78 is 1.40. The summed E-state index contributed by atoms with van der Waals surface area (Å²) in [4.78, 5) is 15.2. The second kappa shape index (κ2) is 7.06. The van der Waals surface area contributed by atoms with E-state index >= 15 is 0 Å². The lowest BCUT2D eigenvalue weighted by Gasteiger charge is -2.08. The van der Waals surface area contributed by atoms with Gasteiger partial charge in [-0.1, -0.05) is 12.1 Å². The second-order valence-corrected chi connectivity index (χ2v) is 5.23. The van der Waals surface area contributed by atoms with Gasteiger partial charge in [0.05, 0.1) is 5.69 Å². The molecule has 9 nitrogen and oxygen atoms in total. The van der Waals surface area contributed by atoms with Crippen molar-refractivity contribution in [2.45, 2.75) is 0 Å². The number of nitrogens with zero attached hydrogens (tertiary/aromatic N) is 6. The molecule has 0 amide bonds. The van der Waals surface area contributed by atoms with Gasteiger partial charge >= 0.3 is 5.97 Å². The second-order valence-electron chi connectivity index (χ2n) is 5.23. The Morgan fingerprint density at radius 2 is 1.89 bits per heavy atom. The zero-order valence-electron chi connectivity index (χ0n) is 13.6. The van der Waals surface area contributed by atoms with Crippen molar-refractivity contribution in [3.63, 3.8) is 0 Å². The smallest absolute Gasteiger partial charge is 0.356 e. The number of anilines is 1. The van der Waals surface area contributed by atoms with E-state index in [1.165, 1.54) is 16.8 Å². The molecule has 1 aromatic carbocycles. The van der Waals surface area contributed by atoms with E-state index in [0.29, 0.717) is 22.6 Å². The van der Waals surface area contributed by atoms with E-state index in [4.69, 9.17) is 20.9 Å². The maximum Gasteiger partial charge on any atom is 0.356 e. The van der Waals surface area contributed by atoms with Crippen LogP contribution >= 0.6 is 0 Å². The zero-order chi connectivity index (χ0) is 19.4. The van der Waals surface area contributed by atoms with Gasteiger partial charge < -0.3 is 10.4 Å². The third kappa shape index (κ3) is 3.27. The van der Waals surface area contributed by atoms with Crippen LogP contribution in [0, 0.1) is 34.0 Å². The van der Waals surface area contributed by atoms with Crippen LogP contribution < -0.4 is 5.32 Å². The third-order valence-corrected chi connectivity index (χ3v) is 3.59. The summed E-state index contributed by atoms with van der Waals surface area (Å²) in [5, 5.41) is 42.9. The number of hydrogen-bond acceptors (Lipinski definition) is 7. The van der Waals surface area contributed by atoms with Crippen LogP contribution in [-0.2, 0) is 0 Å². The number of nitriles is 3. The van der Waals surface area contributed by atoms with Crippen LogP contribution in [0.15, 0.2) is 53.9 Å². The first-order valence-corrected chi connectivity index (χ1v) is 7.47. The molecular weight excluding hydrogens is 346 g/mol. The van der Waals surface area contributed by atoms with E-state index < -0.39 is 5.97 Å². The fourth-order valence-corrected chi connectivity index (χ4v) is 2.40. The fraction of sp³-hybridized carbons (Fsp3) is 0. The number of fused-ring (bicyclic) bond motifs is 1. The summed E-state index contributed by atoms with van der Waals surface area (Å²) in [6.07, 6.45) is 1.53. The quantitative estimate of drug-likeness (QED) is 0.677. The van der Waals surface area contributed by atoms with Crippen LogP contribution in [0.4, 0.5) is 5.69 Å². The average molecular weight is 355 g/mol.